The fourth-order valence-electron chi connectivity index (χ4n) is 2.77. The molecule has 0 heterocycles. The second kappa shape index (κ2) is 13.0. The highest BCUT2D eigenvalue weighted by molar-refractivity contribution is 9.10. The summed E-state index contributed by atoms with van der Waals surface area (Å²) in [5.41, 5.74) is 3.37. The van der Waals surface area contributed by atoms with E-state index in [1.165, 1.54) is 26.5 Å². The summed E-state index contributed by atoms with van der Waals surface area (Å²) in [4.78, 5) is 36.5. The van der Waals surface area contributed by atoms with Crippen LogP contribution in [0.3, 0.4) is 0 Å². The van der Waals surface area contributed by atoms with E-state index in [4.69, 9.17) is 21.1 Å². The van der Waals surface area contributed by atoms with Crippen molar-refractivity contribution in [2.45, 2.75) is 19.9 Å². The second-order valence-electron chi connectivity index (χ2n) is 7.34. The summed E-state index contributed by atoms with van der Waals surface area (Å²) in [6.45, 7) is 3.33. The fraction of sp³-hybridized carbons (Fsp3) is 0.304. The predicted octanol–water partition coefficient (Wildman–Crippen LogP) is 3.57. The van der Waals surface area contributed by atoms with Crippen LogP contribution in [-0.2, 0) is 14.3 Å². The Morgan fingerprint density at radius 1 is 1.18 bits per heavy atom. The molecule has 34 heavy (non-hydrogen) atoms. The van der Waals surface area contributed by atoms with E-state index >= 15 is 0 Å². The maximum Gasteiger partial charge on any atom is 0.343 e. The molecule has 0 radical (unpaired) electrons. The Hall–Kier alpha value is -3.11. The summed E-state index contributed by atoms with van der Waals surface area (Å²) in [5, 5.41) is 7.11. The van der Waals surface area contributed by atoms with E-state index in [-0.39, 0.29) is 12.5 Å². The van der Waals surface area contributed by atoms with Crippen LogP contribution in [0.15, 0.2) is 46.0 Å². The molecule has 0 saturated carbocycles. The van der Waals surface area contributed by atoms with Crippen molar-refractivity contribution in [2.75, 3.05) is 20.8 Å². The highest BCUT2D eigenvalue weighted by Gasteiger charge is 2.24. The van der Waals surface area contributed by atoms with Gasteiger partial charge in [-0.2, -0.15) is 5.10 Å². The van der Waals surface area contributed by atoms with Crippen LogP contribution in [-0.4, -0.2) is 50.9 Å². The molecule has 2 aromatic rings. The molecule has 2 rings (SSSR count). The predicted molar refractivity (Wildman–Crippen MR) is 131 cm³/mol. The third-order valence-electron chi connectivity index (χ3n) is 4.52. The maximum atomic E-state index is 12.7. The van der Waals surface area contributed by atoms with Gasteiger partial charge < -0.3 is 19.5 Å². The van der Waals surface area contributed by atoms with E-state index in [1.54, 1.807) is 44.2 Å². The Balaban J connectivity index is 2.08. The molecule has 0 saturated heterocycles. The molecular weight excluding hydrogens is 530 g/mol. The van der Waals surface area contributed by atoms with Gasteiger partial charge in [-0.3, -0.25) is 9.59 Å². The minimum Gasteiger partial charge on any atom is -0.493 e. The number of hydrazone groups is 1. The summed E-state index contributed by atoms with van der Waals surface area (Å²) >= 11 is 9.30. The van der Waals surface area contributed by atoms with Crippen LogP contribution in [0.5, 0.6) is 11.5 Å². The van der Waals surface area contributed by atoms with Crippen LogP contribution < -0.4 is 20.2 Å². The summed E-state index contributed by atoms with van der Waals surface area (Å²) in [5.74, 6) is -0.969. The van der Waals surface area contributed by atoms with Gasteiger partial charge in [-0.05, 0) is 57.7 Å². The molecule has 9 nitrogen and oxygen atoms in total. The molecule has 1 unspecified atom stereocenters. The maximum absolute atomic E-state index is 12.7. The van der Waals surface area contributed by atoms with Crippen molar-refractivity contribution in [3.8, 4) is 11.5 Å². The minimum atomic E-state index is -0.820. The van der Waals surface area contributed by atoms with Crippen LogP contribution >= 0.6 is 27.5 Å². The zero-order valence-electron chi connectivity index (χ0n) is 19.1. The van der Waals surface area contributed by atoms with Gasteiger partial charge in [-0.15, -0.1) is 0 Å². The van der Waals surface area contributed by atoms with Gasteiger partial charge in [0.1, 0.15) is 6.04 Å². The van der Waals surface area contributed by atoms with Gasteiger partial charge in [0.2, 0.25) is 0 Å². The SMILES string of the molecule is COC(=O)COc1c(Br)cc(/C=N/NC(=O)C(NC(=O)c2cccc(Cl)c2)C(C)C)cc1OC. The van der Waals surface area contributed by atoms with Gasteiger partial charge in [0.15, 0.2) is 18.1 Å². The molecule has 0 spiro atoms. The van der Waals surface area contributed by atoms with Gasteiger partial charge in [0.25, 0.3) is 11.8 Å². The number of hydrogen-bond donors (Lipinski definition) is 2. The van der Waals surface area contributed by atoms with Crippen molar-refractivity contribution in [2.24, 2.45) is 11.0 Å². The molecule has 2 aromatic carbocycles. The lowest BCUT2D eigenvalue weighted by atomic mass is 10.0. The monoisotopic (exact) mass is 553 g/mol. The van der Waals surface area contributed by atoms with Crippen molar-refractivity contribution in [1.29, 1.82) is 0 Å². The Morgan fingerprint density at radius 2 is 1.91 bits per heavy atom. The number of benzene rings is 2. The molecule has 0 aliphatic heterocycles. The lowest BCUT2D eigenvalue weighted by Gasteiger charge is -2.20. The number of carbonyl (C=O) groups excluding carboxylic acids is 3. The van der Waals surface area contributed by atoms with E-state index < -0.39 is 23.8 Å². The Bertz CT molecular complexity index is 1080. The minimum absolute atomic E-state index is 0.196. The first-order chi connectivity index (χ1) is 16.2. The molecule has 0 fully saturated rings. The summed E-state index contributed by atoms with van der Waals surface area (Å²) in [6, 6.07) is 8.92. The molecular formula is C23H25BrClN3O6. The van der Waals surface area contributed by atoms with Crippen LogP contribution in [0.1, 0.15) is 29.8 Å². The van der Waals surface area contributed by atoms with E-state index in [1.807, 2.05) is 0 Å². The number of rotatable bonds is 10. The standard InChI is InChI=1S/C23H25BrClN3O6/c1-13(2)20(27-22(30)15-6-5-7-16(25)10-15)23(31)28-26-11-14-8-17(24)21(18(9-14)32-3)34-12-19(29)33-4/h5-11,13,20H,12H2,1-4H3,(H,27,30)(H,28,31)/b26-11+. The van der Waals surface area contributed by atoms with Crippen LogP contribution in [0.25, 0.3) is 0 Å². The largest absolute Gasteiger partial charge is 0.493 e. The summed E-state index contributed by atoms with van der Waals surface area (Å²) in [7, 11) is 2.71. The quantitative estimate of drug-likeness (QED) is 0.264. The van der Waals surface area contributed by atoms with E-state index in [0.29, 0.717) is 32.1 Å². The van der Waals surface area contributed by atoms with Crippen LogP contribution in [0.2, 0.25) is 5.02 Å². The summed E-state index contributed by atoms with van der Waals surface area (Å²) < 4.78 is 15.8. The zero-order chi connectivity index (χ0) is 25.3. The van der Waals surface area contributed by atoms with Crippen molar-refractivity contribution >= 4 is 51.5 Å². The molecule has 0 aromatic heterocycles. The normalized spacial score (nSPS) is 11.7. The first kappa shape index (κ1) is 27.1. The summed E-state index contributed by atoms with van der Waals surface area (Å²) in [6.07, 6.45) is 1.41. The Kier molecular flexibility index (Phi) is 10.3. The third kappa shape index (κ3) is 7.74. The average molecular weight is 555 g/mol. The number of amides is 2. The second-order valence-corrected chi connectivity index (χ2v) is 8.63. The van der Waals surface area contributed by atoms with Crippen molar-refractivity contribution in [3.63, 3.8) is 0 Å². The van der Waals surface area contributed by atoms with Gasteiger partial charge in [-0.1, -0.05) is 31.5 Å². The first-order valence-corrected chi connectivity index (χ1v) is 11.3. The van der Waals surface area contributed by atoms with Crippen molar-refractivity contribution < 1.29 is 28.6 Å². The van der Waals surface area contributed by atoms with Gasteiger partial charge in [0, 0.05) is 10.6 Å². The van der Waals surface area contributed by atoms with E-state index in [2.05, 4.69) is 36.5 Å². The first-order valence-electron chi connectivity index (χ1n) is 10.1. The number of hydrogen-bond acceptors (Lipinski definition) is 7. The van der Waals surface area contributed by atoms with Crippen molar-refractivity contribution in [3.05, 3.63) is 57.0 Å². The zero-order valence-corrected chi connectivity index (χ0v) is 21.4. The number of halogens is 2. The topological polar surface area (TPSA) is 115 Å². The van der Waals surface area contributed by atoms with E-state index in [9.17, 15) is 14.4 Å². The van der Waals surface area contributed by atoms with Crippen LogP contribution in [0.4, 0.5) is 0 Å². The third-order valence-corrected chi connectivity index (χ3v) is 5.35. The van der Waals surface area contributed by atoms with Gasteiger partial charge in [0.05, 0.1) is 24.9 Å². The highest BCUT2D eigenvalue weighted by Crippen LogP contribution is 2.36. The number of nitrogens with zero attached hydrogens (tertiary/aromatic N) is 1. The highest BCUT2D eigenvalue weighted by atomic mass is 79.9. The molecule has 1 atom stereocenters. The Labute approximate surface area is 210 Å². The van der Waals surface area contributed by atoms with E-state index in [0.717, 1.165) is 0 Å². The number of carbonyl (C=O) groups is 3. The molecule has 0 aliphatic carbocycles. The molecule has 0 bridgehead atoms. The number of methoxy groups -OCH3 is 2. The molecule has 182 valence electrons. The van der Waals surface area contributed by atoms with Gasteiger partial charge >= 0.3 is 5.97 Å². The smallest absolute Gasteiger partial charge is 0.343 e. The molecule has 11 heteroatoms. The Morgan fingerprint density at radius 3 is 2.53 bits per heavy atom. The number of nitrogens with one attached hydrogen (secondary N) is 2. The number of ether oxygens (including phenoxy) is 3. The van der Waals surface area contributed by atoms with Gasteiger partial charge in [-0.25, -0.2) is 10.2 Å². The fourth-order valence-corrected chi connectivity index (χ4v) is 3.54. The average Bonchev–Trinajstić information content (AvgIpc) is 2.80. The lowest BCUT2D eigenvalue weighted by molar-refractivity contribution is -0.143. The van der Waals surface area contributed by atoms with Crippen LogP contribution in [0, 0.1) is 5.92 Å². The van der Waals surface area contributed by atoms with Crippen molar-refractivity contribution in [1.82, 2.24) is 10.7 Å². The molecule has 2 amide bonds. The lowest BCUT2D eigenvalue weighted by Crippen LogP contribution is -2.48. The molecule has 2 N–H and O–H groups in total. The molecule has 0 aliphatic rings. The number of esters is 1.